The van der Waals surface area contributed by atoms with Crippen molar-refractivity contribution in [1.29, 1.82) is 0 Å². The Morgan fingerprint density at radius 1 is 1.00 bits per heavy atom. The SMILES string of the molecule is O=C/C=C/c1ccc(N2CCCCC2)cc1. The van der Waals surface area contributed by atoms with Gasteiger partial charge in [-0.25, -0.2) is 0 Å². The summed E-state index contributed by atoms with van der Waals surface area (Å²) in [4.78, 5) is 12.6. The molecule has 1 saturated heterocycles. The van der Waals surface area contributed by atoms with Gasteiger partial charge in [0.1, 0.15) is 6.29 Å². The third-order valence-corrected chi connectivity index (χ3v) is 2.98. The summed E-state index contributed by atoms with van der Waals surface area (Å²) >= 11 is 0. The molecule has 1 aromatic rings. The van der Waals surface area contributed by atoms with Crippen LogP contribution in [0, 0.1) is 0 Å². The molecule has 0 unspecified atom stereocenters. The van der Waals surface area contributed by atoms with E-state index in [1.54, 1.807) is 0 Å². The van der Waals surface area contributed by atoms with E-state index in [2.05, 4.69) is 29.2 Å². The third-order valence-electron chi connectivity index (χ3n) is 2.98. The van der Waals surface area contributed by atoms with Crippen LogP contribution in [0.15, 0.2) is 30.3 Å². The highest BCUT2D eigenvalue weighted by Crippen LogP contribution is 2.20. The molecule has 0 radical (unpaired) electrons. The molecule has 2 rings (SSSR count). The van der Waals surface area contributed by atoms with Crippen LogP contribution in [0.5, 0.6) is 0 Å². The van der Waals surface area contributed by atoms with Crippen molar-refractivity contribution in [3.63, 3.8) is 0 Å². The van der Waals surface area contributed by atoms with E-state index in [0.717, 1.165) is 11.8 Å². The van der Waals surface area contributed by atoms with Crippen molar-refractivity contribution >= 4 is 18.0 Å². The molecular weight excluding hydrogens is 198 g/mol. The molecule has 0 N–H and O–H groups in total. The molecule has 2 nitrogen and oxygen atoms in total. The largest absolute Gasteiger partial charge is 0.372 e. The number of benzene rings is 1. The van der Waals surface area contributed by atoms with Gasteiger partial charge in [0.15, 0.2) is 0 Å². The molecule has 0 aromatic heterocycles. The van der Waals surface area contributed by atoms with Gasteiger partial charge < -0.3 is 4.90 Å². The normalized spacial score (nSPS) is 16.6. The van der Waals surface area contributed by atoms with Crippen molar-refractivity contribution in [2.75, 3.05) is 18.0 Å². The summed E-state index contributed by atoms with van der Waals surface area (Å²) in [6.45, 7) is 2.34. The van der Waals surface area contributed by atoms with Crippen molar-refractivity contribution in [3.8, 4) is 0 Å². The zero-order chi connectivity index (χ0) is 11.2. The maximum Gasteiger partial charge on any atom is 0.142 e. The van der Waals surface area contributed by atoms with Crippen LogP contribution in [0.1, 0.15) is 24.8 Å². The van der Waals surface area contributed by atoms with Crippen molar-refractivity contribution in [3.05, 3.63) is 35.9 Å². The minimum absolute atomic E-state index is 0.804. The molecule has 1 aliphatic heterocycles. The first-order chi connectivity index (χ1) is 7.90. The molecule has 84 valence electrons. The first kappa shape index (κ1) is 10.9. The number of carbonyl (C=O) groups is 1. The van der Waals surface area contributed by atoms with Gasteiger partial charge in [0, 0.05) is 18.8 Å². The summed E-state index contributed by atoms with van der Waals surface area (Å²) in [5.41, 5.74) is 2.37. The first-order valence-corrected chi connectivity index (χ1v) is 5.87. The van der Waals surface area contributed by atoms with Crippen LogP contribution in [0.2, 0.25) is 0 Å². The number of carbonyl (C=O) groups excluding carboxylic acids is 1. The Bertz CT molecular complexity index is 361. The van der Waals surface area contributed by atoms with Gasteiger partial charge in [-0.05, 0) is 43.0 Å². The van der Waals surface area contributed by atoms with Crippen LogP contribution in [-0.2, 0) is 4.79 Å². The predicted molar refractivity (Wildman–Crippen MR) is 67.6 cm³/mol. The molecule has 0 spiro atoms. The van der Waals surface area contributed by atoms with Crippen molar-refractivity contribution in [2.24, 2.45) is 0 Å². The Labute approximate surface area is 96.6 Å². The number of aldehydes is 1. The fourth-order valence-electron chi connectivity index (χ4n) is 2.10. The Balaban J connectivity index is 2.05. The molecule has 0 saturated carbocycles. The summed E-state index contributed by atoms with van der Waals surface area (Å²) in [6, 6.07) is 8.39. The van der Waals surface area contributed by atoms with E-state index in [1.807, 2.05) is 6.08 Å². The van der Waals surface area contributed by atoms with Crippen LogP contribution in [-0.4, -0.2) is 19.4 Å². The van der Waals surface area contributed by atoms with E-state index in [1.165, 1.54) is 44.1 Å². The molecule has 1 aliphatic rings. The average Bonchev–Trinajstić information content (AvgIpc) is 2.38. The molecular formula is C14H17NO. The number of rotatable bonds is 3. The zero-order valence-corrected chi connectivity index (χ0v) is 9.43. The second-order valence-corrected chi connectivity index (χ2v) is 4.13. The summed E-state index contributed by atoms with van der Waals surface area (Å²) in [5.74, 6) is 0. The standard InChI is InChI=1S/C14H17NO/c16-12-4-5-13-6-8-14(9-7-13)15-10-2-1-3-11-15/h4-9,12H,1-3,10-11H2/b5-4+. The fraction of sp³-hybridized carbons (Fsp3) is 0.357. The molecule has 1 fully saturated rings. The summed E-state index contributed by atoms with van der Waals surface area (Å²) < 4.78 is 0. The molecule has 0 amide bonds. The molecule has 0 atom stereocenters. The van der Waals surface area contributed by atoms with E-state index < -0.39 is 0 Å². The molecule has 0 aliphatic carbocycles. The van der Waals surface area contributed by atoms with Gasteiger partial charge in [-0.15, -0.1) is 0 Å². The van der Waals surface area contributed by atoms with Gasteiger partial charge in [-0.1, -0.05) is 18.2 Å². The second kappa shape index (κ2) is 5.50. The summed E-state index contributed by atoms with van der Waals surface area (Å²) in [6.07, 6.45) is 8.11. The number of allylic oxidation sites excluding steroid dienone is 1. The van der Waals surface area contributed by atoms with E-state index in [0.29, 0.717) is 0 Å². The zero-order valence-electron chi connectivity index (χ0n) is 9.43. The minimum atomic E-state index is 0.804. The lowest BCUT2D eigenvalue weighted by Crippen LogP contribution is -2.29. The quantitative estimate of drug-likeness (QED) is 0.571. The number of anilines is 1. The van der Waals surface area contributed by atoms with Gasteiger partial charge in [0.25, 0.3) is 0 Å². The van der Waals surface area contributed by atoms with Gasteiger partial charge in [0.2, 0.25) is 0 Å². The van der Waals surface area contributed by atoms with Gasteiger partial charge >= 0.3 is 0 Å². The van der Waals surface area contributed by atoms with Crippen LogP contribution in [0.3, 0.4) is 0 Å². The molecule has 1 heterocycles. The highest BCUT2D eigenvalue weighted by atomic mass is 16.1. The molecule has 1 aromatic carbocycles. The second-order valence-electron chi connectivity index (χ2n) is 4.13. The van der Waals surface area contributed by atoms with Crippen molar-refractivity contribution in [2.45, 2.75) is 19.3 Å². The minimum Gasteiger partial charge on any atom is -0.372 e. The number of hydrogen-bond acceptors (Lipinski definition) is 2. The van der Waals surface area contributed by atoms with Crippen LogP contribution >= 0.6 is 0 Å². The number of nitrogens with zero attached hydrogens (tertiary/aromatic N) is 1. The van der Waals surface area contributed by atoms with Crippen molar-refractivity contribution < 1.29 is 4.79 Å². The third kappa shape index (κ3) is 2.72. The highest BCUT2D eigenvalue weighted by Gasteiger charge is 2.09. The number of hydrogen-bond donors (Lipinski definition) is 0. The lowest BCUT2D eigenvalue weighted by atomic mass is 10.1. The highest BCUT2D eigenvalue weighted by molar-refractivity contribution is 5.74. The lowest BCUT2D eigenvalue weighted by Gasteiger charge is -2.28. The Kier molecular flexibility index (Phi) is 3.76. The average molecular weight is 215 g/mol. The van der Waals surface area contributed by atoms with E-state index in [4.69, 9.17) is 0 Å². The molecule has 2 heteroatoms. The van der Waals surface area contributed by atoms with Crippen LogP contribution < -0.4 is 4.90 Å². The number of piperidine rings is 1. The van der Waals surface area contributed by atoms with E-state index in [9.17, 15) is 4.79 Å². The molecule has 0 bridgehead atoms. The summed E-state index contributed by atoms with van der Waals surface area (Å²) in [5, 5.41) is 0. The van der Waals surface area contributed by atoms with Crippen molar-refractivity contribution in [1.82, 2.24) is 0 Å². The lowest BCUT2D eigenvalue weighted by molar-refractivity contribution is -0.104. The summed E-state index contributed by atoms with van der Waals surface area (Å²) in [7, 11) is 0. The van der Waals surface area contributed by atoms with E-state index in [-0.39, 0.29) is 0 Å². The Hall–Kier alpha value is -1.57. The maximum atomic E-state index is 10.2. The smallest absolute Gasteiger partial charge is 0.142 e. The Morgan fingerprint density at radius 2 is 1.69 bits per heavy atom. The van der Waals surface area contributed by atoms with Crippen LogP contribution in [0.25, 0.3) is 6.08 Å². The predicted octanol–water partition coefficient (Wildman–Crippen LogP) is 2.89. The van der Waals surface area contributed by atoms with Crippen LogP contribution in [0.4, 0.5) is 5.69 Å². The van der Waals surface area contributed by atoms with E-state index >= 15 is 0 Å². The monoisotopic (exact) mass is 215 g/mol. The fourth-order valence-corrected chi connectivity index (χ4v) is 2.10. The topological polar surface area (TPSA) is 20.3 Å². The van der Waals surface area contributed by atoms with Gasteiger partial charge in [0.05, 0.1) is 0 Å². The maximum absolute atomic E-state index is 10.2. The molecule has 16 heavy (non-hydrogen) atoms. The Morgan fingerprint density at radius 3 is 2.31 bits per heavy atom. The first-order valence-electron chi connectivity index (χ1n) is 5.87. The van der Waals surface area contributed by atoms with Gasteiger partial charge in [-0.3, -0.25) is 4.79 Å². The van der Waals surface area contributed by atoms with Gasteiger partial charge in [-0.2, -0.15) is 0 Å².